The minimum absolute atomic E-state index is 0.0398. The Hall–Kier alpha value is -3.70. The molecule has 0 aliphatic rings. The molecule has 10 nitrogen and oxygen atoms in total. The molecule has 0 saturated heterocycles. The number of ether oxygens (including phenoxy) is 2. The summed E-state index contributed by atoms with van der Waals surface area (Å²) < 4.78 is 50.0. The number of rotatable bonds is 8. The van der Waals surface area contributed by atoms with E-state index in [1.54, 1.807) is 0 Å². The molecular formula is C24H26ClF3N4O6S. The van der Waals surface area contributed by atoms with Crippen LogP contribution in [0.15, 0.2) is 44.3 Å². The van der Waals surface area contributed by atoms with E-state index in [9.17, 15) is 32.9 Å². The summed E-state index contributed by atoms with van der Waals surface area (Å²) in [4.78, 5) is 34.7. The number of aromatic nitrogens is 3. The van der Waals surface area contributed by atoms with Crippen molar-refractivity contribution in [2.24, 2.45) is 0 Å². The van der Waals surface area contributed by atoms with Crippen molar-refractivity contribution in [3.63, 3.8) is 0 Å². The van der Waals surface area contributed by atoms with Crippen molar-refractivity contribution in [3.05, 3.63) is 65.6 Å². The highest BCUT2D eigenvalue weighted by Crippen LogP contribution is 2.38. The number of hydrogen-bond acceptors (Lipinski definition) is 8. The molecule has 0 aliphatic heterocycles. The number of allylic oxidation sites excluding steroid dienone is 3. The number of carbonyl (C=O) groups is 1. The van der Waals surface area contributed by atoms with Crippen LogP contribution >= 0.6 is 23.4 Å². The van der Waals surface area contributed by atoms with E-state index in [1.165, 1.54) is 26.2 Å². The van der Waals surface area contributed by atoms with Crippen LogP contribution in [-0.4, -0.2) is 45.6 Å². The second-order valence-electron chi connectivity index (χ2n) is 8.69. The summed E-state index contributed by atoms with van der Waals surface area (Å²) in [6.07, 6.45) is 3.67. The second kappa shape index (κ2) is 13.4. The highest BCUT2D eigenvalue weighted by molar-refractivity contribution is 8.02. The number of aromatic amines is 1. The molecule has 0 bridgehead atoms. The molecule has 0 aliphatic carbocycles. The lowest BCUT2D eigenvalue weighted by atomic mass is 9.85. The Labute approximate surface area is 231 Å². The Morgan fingerprint density at radius 3 is 2.36 bits per heavy atom. The molecule has 1 heterocycles. The van der Waals surface area contributed by atoms with Gasteiger partial charge in [-0.2, -0.15) is 13.2 Å². The van der Waals surface area contributed by atoms with Crippen LogP contribution in [0.2, 0.25) is 5.02 Å². The number of halogens is 4. The Morgan fingerprint density at radius 1 is 1.28 bits per heavy atom. The van der Waals surface area contributed by atoms with Crippen molar-refractivity contribution in [2.75, 3.05) is 13.7 Å². The van der Waals surface area contributed by atoms with Crippen molar-refractivity contribution < 1.29 is 32.4 Å². The van der Waals surface area contributed by atoms with Crippen LogP contribution in [0.3, 0.4) is 0 Å². The van der Waals surface area contributed by atoms with Crippen molar-refractivity contribution in [2.45, 2.75) is 51.4 Å². The first kappa shape index (κ1) is 33.3. The molecule has 0 amide bonds. The summed E-state index contributed by atoms with van der Waals surface area (Å²) in [5.41, 5.74) is -2.51. The zero-order valence-corrected chi connectivity index (χ0v) is 23.4. The summed E-state index contributed by atoms with van der Waals surface area (Å²) in [7, 11) is 1.20. The number of hydrogen-bond donors (Lipinski definition) is 1. The minimum Gasteiger partial charge on any atom is -0.480 e. The lowest BCUT2D eigenvalue weighted by molar-refractivity contribution is -0.419. The van der Waals surface area contributed by atoms with Crippen LogP contribution in [0.25, 0.3) is 5.69 Å². The summed E-state index contributed by atoms with van der Waals surface area (Å²) in [6, 6.07) is 2.94. The van der Waals surface area contributed by atoms with Crippen LogP contribution in [-0.2, 0) is 14.9 Å². The number of esters is 1. The number of terminal acetylenes is 1. The highest BCUT2D eigenvalue weighted by Gasteiger charge is 2.32. The summed E-state index contributed by atoms with van der Waals surface area (Å²) in [5.74, 6) is -0.494. The Bertz CT molecular complexity index is 1370. The standard InChI is InChI=1S/C22H24ClF3N4O6S.C2H2/c1-11(22(24,25)26)7-15(30(33)34)12(2)37-20-28-27-19(32)29(20)16-9-14(23)17(36-10-18(31)35-6)8-13(16)21(3,4)5;1-2/h7-9H,10H2,1-6H3,(H,27,32);1-2H/b11-7+,15-12-;. The van der Waals surface area contributed by atoms with Gasteiger partial charge >= 0.3 is 17.8 Å². The van der Waals surface area contributed by atoms with E-state index >= 15 is 0 Å². The van der Waals surface area contributed by atoms with Crippen molar-refractivity contribution in [1.82, 2.24) is 14.8 Å². The van der Waals surface area contributed by atoms with E-state index in [1.807, 2.05) is 20.8 Å². The normalized spacial score (nSPS) is 12.7. The largest absolute Gasteiger partial charge is 0.480 e. The first-order valence-corrected chi connectivity index (χ1v) is 12.0. The number of carbonyl (C=O) groups excluding carboxylic acids is 1. The van der Waals surface area contributed by atoms with Crippen LogP contribution in [0.5, 0.6) is 5.75 Å². The zero-order chi connectivity index (χ0) is 30.3. The van der Waals surface area contributed by atoms with Gasteiger partial charge in [-0.05, 0) is 48.7 Å². The molecule has 1 aromatic heterocycles. The third-order valence-electron chi connectivity index (χ3n) is 4.92. The zero-order valence-electron chi connectivity index (χ0n) is 21.8. The number of nitrogens with zero attached hydrogens (tertiary/aromatic N) is 3. The summed E-state index contributed by atoms with van der Waals surface area (Å²) in [6.45, 7) is 7.05. The molecular weight excluding hydrogens is 565 g/mol. The molecule has 0 atom stereocenters. The van der Waals surface area contributed by atoms with Gasteiger partial charge in [0.05, 0.1) is 27.6 Å². The smallest absolute Gasteiger partial charge is 0.412 e. The van der Waals surface area contributed by atoms with Crippen LogP contribution in [0.4, 0.5) is 13.2 Å². The van der Waals surface area contributed by atoms with Gasteiger partial charge in [-0.3, -0.25) is 10.1 Å². The molecule has 15 heteroatoms. The van der Waals surface area contributed by atoms with E-state index in [4.69, 9.17) is 16.3 Å². The average Bonchev–Trinajstić information content (AvgIpc) is 3.20. The average molecular weight is 591 g/mol. The van der Waals surface area contributed by atoms with E-state index < -0.39 is 46.1 Å². The van der Waals surface area contributed by atoms with Gasteiger partial charge in [0.1, 0.15) is 5.75 Å². The van der Waals surface area contributed by atoms with E-state index in [0.29, 0.717) is 30.3 Å². The SMILES string of the molecule is C#C.COC(=O)COc1cc(C(C)(C)C)c(-n2c(S/C(C)=C(/C=C(\C)C(F)(F)F)[N+](=O)[O-])n[nH]c2=O)cc1Cl. The number of nitrogens with one attached hydrogen (secondary N) is 1. The van der Waals surface area contributed by atoms with Crippen LogP contribution in [0, 0.1) is 23.0 Å². The maximum atomic E-state index is 13.0. The van der Waals surface area contributed by atoms with Gasteiger partial charge in [0.2, 0.25) is 5.16 Å². The third-order valence-corrected chi connectivity index (χ3v) is 6.18. The molecule has 39 heavy (non-hydrogen) atoms. The minimum atomic E-state index is -4.75. The number of alkyl halides is 3. The van der Waals surface area contributed by atoms with E-state index in [-0.39, 0.29) is 26.5 Å². The molecule has 2 aromatic rings. The van der Waals surface area contributed by atoms with Gasteiger partial charge in [0.15, 0.2) is 6.61 Å². The maximum Gasteiger partial charge on any atom is 0.412 e. The fourth-order valence-corrected chi connectivity index (χ4v) is 4.05. The fraction of sp³-hybridized carbons (Fsp3) is 0.375. The number of H-pyrrole nitrogens is 1. The number of methoxy groups -OCH3 is 1. The first-order chi connectivity index (χ1) is 18.0. The molecule has 2 rings (SSSR count). The molecule has 0 saturated carbocycles. The Morgan fingerprint density at radius 2 is 1.87 bits per heavy atom. The molecule has 1 N–H and O–H groups in total. The van der Waals surface area contributed by atoms with Gasteiger partial charge in [-0.25, -0.2) is 19.3 Å². The molecule has 0 radical (unpaired) electrons. The van der Waals surface area contributed by atoms with Gasteiger partial charge < -0.3 is 9.47 Å². The third kappa shape index (κ3) is 8.66. The van der Waals surface area contributed by atoms with Crippen LogP contribution in [0.1, 0.15) is 40.2 Å². The predicted octanol–water partition coefficient (Wildman–Crippen LogP) is 5.42. The maximum absolute atomic E-state index is 13.0. The first-order valence-electron chi connectivity index (χ1n) is 10.8. The number of thioether (sulfide) groups is 1. The molecule has 212 valence electrons. The number of nitro groups is 1. The van der Waals surface area contributed by atoms with Crippen molar-refractivity contribution >= 4 is 29.3 Å². The predicted molar refractivity (Wildman–Crippen MR) is 141 cm³/mol. The molecule has 0 spiro atoms. The summed E-state index contributed by atoms with van der Waals surface area (Å²) >= 11 is 6.99. The van der Waals surface area contributed by atoms with E-state index in [2.05, 4.69) is 27.8 Å². The van der Waals surface area contributed by atoms with Gasteiger partial charge in [-0.1, -0.05) is 32.4 Å². The van der Waals surface area contributed by atoms with Crippen molar-refractivity contribution in [1.29, 1.82) is 0 Å². The van der Waals surface area contributed by atoms with Gasteiger partial charge in [-0.15, -0.1) is 17.9 Å². The quantitative estimate of drug-likeness (QED) is 0.108. The molecule has 0 unspecified atom stereocenters. The number of benzene rings is 1. The second-order valence-corrected chi connectivity index (χ2v) is 10.3. The van der Waals surface area contributed by atoms with Crippen LogP contribution < -0.4 is 10.4 Å². The Balaban J connectivity index is 0.00000371. The van der Waals surface area contributed by atoms with E-state index in [0.717, 1.165) is 4.57 Å². The van der Waals surface area contributed by atoms with Crippen molar-refractivity contribution in [3.8, 4) is 24.3 Å². The lowest BCUT2D eigenvalue weighted by Crippen LogP contribution is -2.22. The van der Waals surface area contributed by atoms with Gasteiger partial charge in [0.25, 0.3) is 5.70 Å². The lowest BCUT2D eigenvalue weighted by Gasteiger charge is -2.24. The monoisotopic (exact) mass is 590 g/mol. The fourth-order valence-electron chi connectivity index (χ4n) is 2.96. The molecule has 0 fully saturated rings. The topological polar surface area (TPSA) is 129 Å². The van der Waals surface area contributed by atoms with Gasteiger partial charge in [0, 0.05) is 11.6 Å². The Kier molecular flexibility index (Phi) is 11.4. The highest BCUT2D eigenvalue weighted by atomic mass is 35.5. The molecule has 1 aromatic carbocycles. The summed E-state index contributed by atoms with van der Waals surface area (Å²) in [5, 5.41) is 17.6.